The van der Waals surface area contributed by atoms with Crippen LogP contribution in [0.4, 0.5) is 5.13 Å². The Balaban J connectivity index is 1.90. The standard InChI is InChI=1S/C16H20N4OS/c17-8-9-20(10-11-6-7-11)15(21)13-14(22-16(18)19-13)12-4-2-1-3-5-12/h1-5,11H,6-10,17H2,(H2,18,19). The minimum Gasteiger partial charge on any atom is -0.375 e. The highest BCUT2D eigenvalue weighted by Gasteiger charge is 2.29. The molecule has 0 spiro atoms. The molecule has 0 saturated heterocycles. The van der Waals surface area contributed by atoms with Gasteiger partial charge < -0.3 is 16.4 Å². The summed E-state index contributed by atoms with van der Waals surface area (Å²) in [5.74, 6) is 0.552. The molecule has 1 aromatic carbocycles. The molecule has 0 bridgehead atoms. The smallest absolute Gasteiger partial charge is 0.274 e. The number of carbonyl (C=O) groups excluding carboxylic acids is 1. The van der Waals surface area contributed by atoms with Gasteiger partial charge in [-0.15, -0.1) is 0 Å². The quantitative estimate of drug-likeness (QED) is 0.855. The lowest BCUT2D eigenvalue weighted by atomic mass is 10.1. The van der Waals surface area contributed by atoms with E-state index in [0.29, 0.717) is 29.8 Å². The van der Waals surface area contributed by atoms with E-state index in [1.54, 1.807) is 0 Å². The van der Waals surface area contributed by atoms with E-state index in [1.807, 2.05) is 35.2 Å². The fourth-order valence-electron chi connectivity index (χ4n) is 2.46. The maximum atomic E-state index is 12.9. The molecule has 116 valence electrons. The third-order valence-corrected chi connectivity index (χ3v) is 4.68. The van der Waals surface area contributed by atoms with Crippen molar-refractivity contribution in [3.8, 4) is 10.4 Å². The molecule has 1 heterocycles. The number of hydrogen-bond donors (Lipinski definition) is 2. The molecule has 2 aromatic rings. The van der Waals surface area contributed by atoms with Crippen LogP contribution in [-0.2, 0) is 0 Å². The van der Waals surface area contributed by atoms with Crippen LogP contribution in [-0.4, -0.2) is 35.4 Å². The van der Waals surface area contributed by atoms with Crippen molar-refractivity contribution in [1.29, 1.82) is 0 Å². The van der Waals surface area contributed by atoms with Crippen molar-refractivity contribution in [3.63, 3.8) is 0 Å². The number of amides is 1. The summed E-state index contributed by atoms with van der Waals surface area (Å²) in [5.41, 5.74) is 12.9. The maximum Gasteiger partial charge on any atom is 0.274 e. The van der Waals surface area contributed by atoms with Crippen molar-refractivity contribution in [3.05, 3.63) is 36.0 Å². The van der Waals surface area contributed by atoms with Crippen molar-refractivity contribution in [2.75, 3.05) is 25.4 Å². The van der Waals surface area contributed by atoms with Crippen molar-refractivity contribution >= 4 is 22.4 Å². The molecule has 22 heavy (non-hydrogen) atoms. The number of hydrogen-bond acceptors (Lipinski definition) is 5. The summed E-state index contributed by atoms with van der Waals surface area (Å²) < 4.78 is 0. The Hall–Kier alpha value is -1.92. The molecule has 1 saturated carbocycles. The maximum absolute atomic E-state index is 12.9. The number of nitrogens with zero attached hydrogens (tertiary/aromatic N) is 2. The van der Waals surface area contributed by atoms with Gasteiger partial charge in [-0.2, -0.15) is 0 Å². The van der Waals surface area contributed by atoms with Crippen molar-refractivity contribution in [2.45, 2.75) is 12.8 Å². The van der Waals surface area contributed by atoms with Crippen LogP contribution in [0.5, 0.6) is 0 Å². The second-order valence-corrected chi connectivity index (χ2v) is 6.61. The Morgan fingerprint density at radius 2 is 2.05 bits per heavy atom. The normalized spacial score (nSPS) is 14.0. The summed E-state index contributed by atoms with van der Waals surface area (Å²) in [5, 5.41) is 0.418. The molecule has 1 aromatic heterocycles. The second kappa shape index (κ2) is 6.46. The molecule has 0 aliphatic heterocycles. The van der Waals surface area contributed by atoms with E-state index in [4.69, 9.17) is 11.5 Å². The van der Waals surface area contributed by atoms with E-state index < -0.39 is 0 Å². The number of nitrogens with two attached hydrogens (primary N) is 2. The summed E-state index contributed by atoms with van der Waals surface area (Å²) in [6.07, 6.45) is 2.39. The summed E-state index contributed by atoms with van der Waals surface area (Å²) in [4.78, 5) is 19.8. The largest absolute Gasteiger partial charge is 0.375 e. The highest BCUT2D eigenvalue weighted by Crippen LogP contribution is 2.34. The van der Waals surface area contributed by atoms with Gasteiger partial charge in [-0.05, 0) is 24.3 Å². The molecule has 3 rings (SSSR count). The van der Waals surface area contributed by atoms with Gasteiger partial charge in [0.2, 0.25) is 0 Å². The lowest BCUT2D eigenvalue weighted by molar-refractivity contribution is 0.0748. The first-order valence-corrected chi connectivity index (χ1v) is 8.31. The van der Waals surface area contributed by atoms with Crippen LogP contribution in [0.2, 0.25) is 0 Å². The minimum atomic E-state index is -0.0656. The van der Waals surface area contributed by atoms with E-state index in [0.717, 1.165) is 17.0 Å². The van der Waals surface area contributed by atoms with Gasteiger partial charge in [0.25, 0.3) is 5.91 Å². The number of rotatable bonds is 6. The molecule has 0 radical (unpaired) electrons. The third kappa shape index (κ3) is 3.28. The summed E-state index contributed by atoms with van der Waals surface area (Å²) in [7, 11) is 0. The highest BCUT2D eigenvalue weighted by molar-refractivity contribution is 7.19. The fraction of sp³-hybridized carbons (Fsp3) is 0.375. The van der Waals surface area contributed by atoms with E-state index in [2.05, 4.69) is 4.98 Å². The molecule has 1 fully saturated rings. The topological polar surface area (TPSA) is 85.2 Å². The molecule has 1 aliphatic rings. The number of benzene rings is 1. The molecule has 1 aliphatic carbocycles. The Bertz CT molecular complexity index is 651. The first-order chi connectivity index (χ1) is 10.7. The third-order valence-electron chi connectivity index (χ3n) is 3.74. The Kier molecular flexibility index (Phi) is 4.40. The second-order valence-electron chi connectivity index (χ2n) is 5.58. The monoisotopic (exact) mass is 316 g/mol. The lowest BCUT2D eigenvalue weighted by Crippen LogP contribution is -2.37. The van der Waals surface area contributed by atoms with E-state index in [1.165, 1.54) is 24.2 Å². The molecular weight excluding hydrogens is 296 g/mol. The Morgan fingerprint density at radius 1 is 1.32 bits per heavy atom. The van der Waals surface area contributed by atoms with E-state index in [-0.39, 0.29) is 5.91 Å². The zero-order valence-electron chi connectivity index (χ0n) is 12.4. The summed E-state index contributed by atoms with van der Waals surface area (Å²) in [6, 6.07) is 9.78. The van der Waals surface area contributed by atoms with Gasteiger partial charge in [-0.3, -0.25) is 4.79 Å². The van der Waals surface area contributed by atoms with Crippen LogP contribution in [0.15, 0.2) is 30.3 Å². The van der Waals surface area contributed by atoms with E-state index >= 15 is 0 Å². The molecule has 5 nitrogen and oxygen atoms in total. The molecular formula is C16H20N4OS. The zero-order valence-corrected chi connectivity index (χ0v) is 13.2. The predicted molar refractivity (Wildman–Crippen MR) is 89.6 cm³/mol. The lowest BCUT2D eigenvalue weighted by Gasteiger charge is -2.21. The van der Waals surface area contributed by atoms with Crippen LogP contribution >= 0.6 is 11.3 Å². The van der Waals surface area contributed by atoms with Crippen LogP contribution < -0.4 is 11.5 Å². The number of aromatic nitrogens is 1. The number of nitrogen functional groups attached to an aromatic ring is 1. The van der Waals surface area contributed by atoms with Gasteiger partial charge in [0.1, 0.15) is 5.69 Å². The zero-order chi connectivity index (χ0) is 15.5. The molecule has 0 unspecified atom stereocenters. The van der Waals surface area contributed by atoms with Crippen LogP contribution in [0, 0.1) is 5.92 Å². The number of carbonyl (C=O) groups is 1. The molecule has 0 atom stereocenters. The fourth-order valence-corrected chi connectivity index (χ4v) is 3.29. The van der Waals surface area contributed by atoms with Gasteiger partial charge in [0, 0.05) is 19.6 Å². The van der Waals surface area contributed by atoms with Gasteiger partial charge in [0.05, 0.1) is 4.88 Å². The van der Waals surface area contributed by atoms with Gasteiger partial charge in [-0.25, -0.2) is 4.98 Å². The molecule has 6 heteroatoms. The SMILES string of the molecule is NCCN(CC1CC1)C(=O)c1nc(N)sc1-c1ccccc1. The van der Waals surface area contributed by atoms with Crippen molar-refractivity contribution in [2.24, 2.45) is 11.7 Å². The Morgan fingerprint density at radius 3 is 2.68 bits per heavy atom. The van der Waals surface area contributed by atoms with E-state index in [9.17, 15) is 4.79 Å². The first-order valence-electron chi connectivity index (χ1n) is 7.50. The van der Waals surface area contributed by atoms with Crippen molar-refractivity contribution in [1.82, 2.24) is 9.88 Å². The molecule has 4 N–H and O–H groups in total. The van der Waals surface area contributed by atoms with Crippen LogP contribution in [0.25, 0.3) is 10.4 Å². The minimum absolute atomic E-state index is 0.0656. The van der Waals surface area contributed by atoms with Gasteiger partial charge in [-0.1, -0.05) is 41.7 Å². The first kappa shape index (κ1) is 15.0. The number of anilines is 1. The van der Waals surface area contributed by atoms with Crippen LogP contribution in [0.3, 0.4) is 0 Å². The predicted octanol–water partition coefficient (Wildman–Crippen LogP) is 2.20. The molecule has 1 amide bonds. The summed E-state index contributed by atoms with van der Waals surface area (Å²) in [6.45, 7) is 1.78. The average molecular weight is 316 g/mol. The average Bonchev–Trinajstić information content (AvgIpc) is 3.26. The number of thiazole rings is 1. The van der Waals surface area contributed by atoms with Gasteiger partial charge >= 0.3 is 0 Å². The Labute approximate surface area is 133 Å². The highest BCUT2D eigenvalue weighted by atomic mass is 32.1. The van der Waals surface area contributed by atoms with Crippen LogP contribution in [0.1, 0.15) is 23.3 Å². The summed E-state index contributed by atoms with van der Waals surface area (Å²) >= 11 is 1.35. The van der Waals surface area contributed by atoms with Crippen molar-refractivity contribution < 1.29 is 4.79 Å². The van der Waals surface area contributed by atoms with Gasteiger partial charge in [0.15, 0.2) is 5.13 Å².